The van der Waals surface area contributed by atoms with Gasteiger partial charge in [-0.25, -0.2) is 0 Å². The van der Waals surface area contributed by atoms with Crippen LogP contribution in [0.2, 0.25) is 0 Å². The molecule has 0 aliphatic carbocycles. The van der Waals surface area contributed by atoms with Crippen LogP contribution < -0.4 is 10.6 Å². The number of amides is 2. The van der Waals surface area contributed by atoms with Gasteiger partial charge in [-0.3, -0.25) is 9.59 Å². The minimum atomic E-state index is -0.450. The highest BCUT2D eigenvalue weighted by Crippen LogP contribution is 2.09. The normalized spacial score (nSPS) is 16.0. The number of rotatable bonds is 6. The number of nitrogens with zero attached hydrogens (tertiary/aromatic N) is 1. The molecule has 2 rings (SSSR count). The van der Waals surface area contributed by atoms with Gasteiger partial charge in [-0.05, 0) is 37.5 Å². The van der Waals surface area contributed by atoms with E-state index in [1.165, 1.54) is 0 Å². The lowest BCUT2D eigenvalue weighted by Gasteiger charge is -2.31. The Labute approximate surface area is 142 Å². The van der Waals surface area contributed by atoms with Gasteiger partial charge in [-0.2, -0.15) is 11.8 Å². The molecule has 1 saturated heterocycles. The number of nitrogens with one attached hydrogen (secondary N) is 2. The molecule has 2 N–H and O–H groups in total. The maximum atomic E-state index is 12.7. The van der Waals surface area contributed by atoms with Crippen LogP contribution in [-0.4, -0.2) is 60.9 Å². The van der Waals surface area contributed by atoms with Crippen molar-refractivity contribution in [1.82, 2.24) is 15.5 Å². The molecule has 6 heteroatoms. The van der Waals surface area contributed by atoms with Gasteiger partial charge in [-0.15, -0.1) is 0 Å². The fourth-order valence-electron chi connectivity index (χ4n) is 2.63. The quantitative estimate of drug-likeness (QED) is 0.822. The molecule has 23 heavy (non-hydrogen) atoms. The zero-order valence-corrected chi connectivity index (χ0v) is 14.6. The highest BCUT2D eigenvalue weighted by molar-refractivity contribution is 7.98. The zero-order chi connectivity index (χ0) is 16.7. The number of piperazine rings is 1. The Hall–Kier alpha value is -1.53. The summed E-state index contributed by atoms with van der Waals surface area (Å²) in [6.45, 7) is 4.98. The molecule has 0 spiro atoms. The summed E-state index contributed by atoms with van der Waals surface area (Å²) in [5, 5.41) is 6.17. The van der Waals surface area contributed by atoms with Crippen LogP contribution >= 0.6 is 11.8 Å². The van der Waals surface area contributed by atoms with Gasteiger partial charge in [-0.1, -0.05) is 17.7 Å². The number of hydrogen-bond donors (Lipinski definition) is 2. The Kier molecular flexibility index (Phi) is 6.92. The molecular weight excluding hydrogens is 310 g/mol. The van der Waals surface area contributed by atoms with Crippen molar-refractivity contribution < 1.29 is 9.59 Å². The summed E-state index contributed by atoms with van der Waals surface area (Å²) < 4.78 is 0. The van der Waals surface area contributed by atoms with E-state index in [4.69, 9.17) is 0 Å². The lowest BCUT2D eigenvalue weighted by atomic mass is 10.1. The van der Waals surface area contributed by atoms with Gasteiger partial charge in [0.05, 0.1) is 0 Å². The molecular formula is C17H25N3O2S. The summed E-state index contributed by atoms with van der Waals surface area (Å²) in [5.74, 6) is 0.696. The molecule has 1 aromatic rings. The van der Waals surface area contributed by atoms with Gasteiger partial charge in [0.1, 0.15) is 6.04 Å². The van der Waals surface area contributed by atoms with E-state index in [0.29, 0.717) is 25.1 Å². The third-order valence-electron chi connectivity index (χ3n) is 3.92. The minimum Gasteiger partial charge on any atom is -0.340 e. The molecule has 0 bridgehead atoms. The van der Waals surface area contributed by atoms with Crippen LogP contribution in [0.4, 0.5) is 0 Å². The van der Waals surface area contributed by atoms with E-state index in [2.05, 4.69) is 10.6 Å². The molecule has 1 fully saturated rings. The highest BCUT2D eigenvalue weighted by Gasteiger charge is 2.26. The summed E-state index contributed by atoms with van der Waals surface area (Å²) in [6, 6.07) is 6.99. The summed E-state index contributed by atoms with van der Waals surface area (Å²) in [5.41, 5.74) is 1.64. The molecule has 1 atom stereocenters. The van der Waals surface area contributed by atoms with E-state index < -0.39 is 6.04 Å². The van der Waals surface area contributed by atoms with Crippen molar-refractivity contribution >= 4 is 23.6 Å². The van der Waals surface area contributed by atoms with Crippen molar-refractivity contribution in [3.63, 3.8) is 0 Å². The first-order valence-electron chi connectivity index (χ1n) is 7.98. The van der Waals surface area contributed by atoms with Crippen LogP contribution in [0.3, 0.4) is 0 Å². The molecule has 2 amide bonds. The lowest BCUT2D eigenvalue weighted by Crippen LogP contribution is -2.54. The molecule has 1 aliphatic rings. The van der Waals surface area contributed by atoms with E-state index in [9.17, 15) is 9.59 Å². The van der Waals surface area contributed by atoms with Crippen LogP contribution in [0.5, 0.6) is 0 Å². The summed E-state index contributed by atoms with van der Waals surface area (Å²) >= 11 is 1.68. The molecule has 0 radical (unpaired) electrons. The average molecular weight is 335 g/mol. The van der Waals surface area contributed by atoms with Crippen molar-refractivity contribution in [2.24, 2.45) is 0 Å². The standard InChI is InChI=1S/C17H25N3O2S/c1-13-4-3-5-14(12-13)16(21)19-15(6-11-23-2)17(22)20-9-7-18-8-10-20/h3-5,12,15,18H,6-11H2,1-2H3,(H,19,21). The van der Waals surface area contributed by atoms with E-state index in [1.807, 2.05) is 36.3 Å². The smallest absolute Gasteiger partial charge is 0.251 e. The van der Waals surface area contributed by atoms with Crippen molar-refractivity contribution in [3.8, 4) is 0 Å². The van der Waals surface area contributed by atoms with Crippen LogP contribution in [-0.2, 0) is 4.79 Å². The molecule has 126 valence electrons. The fraction of sp³-hybridized carbons (Fsp3) is 0.529. The maximum absolute atomic E-state index is 12.7. The predicted octanol–water partition coefficient (Wildman–Crippen LogP) is 1.28. The number of carbonyl (C=O) groups excluding carboxylic acids is 2. The Bertz CT molecular complexity index is 544. The second-order valence-corrected chi connectivity index (χ2v) is 6.74. The fourth-order valence-corrected chi connectivity index (χ4v) is 3.10. The average Bonchev–Trinajstić information content (AvgIpc) is 2.58. The van der Waals surface area contributed by atoms with Crippen LogP contribution in [0.25, 0.3) is 0 Å². The largest absolute Gasteiger partial charge is 0.340 e. The first-order chi connectivity index (χ1) is 11.1. The van der Waals surface area contributed by atoms with Gasteiger partial charge in [0.2, 0.25) is 5.91 Å². The van der Waals surface area contributed by atoms with Gasteiger partial charge < -0.3 is 15.5 Å². The maximum Gasteiger partial charge on any atom is 0.251 e. The van der Waals surface area contributed by atoms with Gasteiger partial charge >= 0.3 is 0 Å². The van der Waals surface area contributed by atoms with Crippen LogP contribution in [0.1, 0.15) is 22.3 Å². The van der Waals surface area contributed by atoms with Gasteiger partial charge in [0, 0.05) is 31.7 Å². The Morgan fingerprint density at radius 2 is 2.09 bits per heavy atom. The number of thioether (sulfide) groups is 1. The first kappa shape index (κ1) is 17.8. The van der Waals surface area contributed by atoms with E-state index >= 15 is 0 Å². The molecule has 1 heterocycles. The van der Waals surface area contributed by atoms with E-state index in [1.54, 1.807) is 17.8 Å². The third-order valence-corrected chi connectivity index (χ3v) is 4.57. The van der Waals surface area contributed by atoms with Gasteiger partial charge in [0.15, 0.2) is 0 Å². The molecule has 1 aromatic carbocycles. The van der Waals surface area contributed by atoms with Crippen LogP contribution in [0, 0.1) is 6.92 Å². The summed E-state index contributed by atoms with van der Waals surface area (Å²) in [6.07, 6.45) is 2.66. The Balaban J connectivity index is 2.04. The SMILES string of the molecule is CSCCC(NC(=O)c1cccc(C)c1)C(=O)N1CCNCC1. The third kappa shape index (κ3) is 5.25. The number of carbonyl (C=O) groups is 2. The van der Waals surface area contributed by atoms with Crippen molar-refractivity contribution in [3.05, 3.63) is 35.4 Å². The second kappa shape index (κ2) is 8.93. The van der Waals surface area contributed by atoms with Crippen LogP contribution in [0.15, 0.2) is 24.3 Å². The zero-order valence-electron chi connectivity index (χ0n) is 13.8. The topological polar surface area (TPSA) is 61.4 Å². The van der Waals surface area contributed by atoms with Crippen molar-refractivity contribution in [2.75, 3.05) is 38.2 Å². The first-order valence-corrected chi connectivity index (χ1v) is 9.37. The lowest BCUT2D eigenvalue weighted by molar-refractivity contribution is -0.133. The number of benzene rings is 1. The molecule has 5 nitrogen and oxygen atoms in total. The van der Waals surface area contributed by atoms with E-state index in [0.717, 1.165) is 24.4 Å². The second-order valence-electron chi connectivity index (χ2n) is 5.75. The number of aryl methyl sites for hydroxylation is 1. The summed E-state index contributed by atoms with van der Waals surface area (Å²) in [7, 11) is 0. The molecule has 0 saturated carbocycles. The van der Waals surface area contributed by atoms with Crippen molar-refractivity contribution in [2.45, 2.75) is 19.4 Å². The summed E-state index contributed by atoms with van der Waals surface area (Å²) in [4.78, 5) is 27.0. The molecule has 0 aromatic heterocycles. The Morgan fingerprint density at radius 1 is 1.35 bits per heavy atom. The number of hydrogen-bond acceptors (Lipinski definition) is 4. The monoisotopic (exact) mass is 335 g/mol. The van der Waals surface area contributed by atoms with E-state index in [-0.39, 0.29) is 11.8 Å². The predicted molar refractivity (Wildman–Crippen MR) is 94.9 cm³/mol. The minimum absolute atomic E-state index is 0.0292. The highest BCUT2D eigenvalue weighted by atomic mass is 32.2. The molecule has 1 unspecified atom stereocenters. The Morgan fingerprint density at radius 3 is 2.74 bits per heavy atom. The van der Waals surface area contributed by atoms with Gasteiger partial charge in [0.25, 0.3) is 5.91 Å². The van der Waals surface area contributed by atoms with Crippen molar-refractivity contribution in [1.29, 1.82) is 0 Å². The molecule has 1 aliphatic heterocycles.